The first-order chi connectivity index (χ1) is 16.6. The van der Waals surface area contributed by atoms with Gasteiger partial charge in [0, 0.05) is 12.0 Å². The van der Waals surface area contributed by atoms with Gasteiger partial charge in [0.25, 0.3) is 5.91 Å². The standard InChI is InChI=1S/C28H31NO5/c1-4-20-16-25(31-2)26(32-3)18-22(20)28(30)29-23(15-19-9-6-5-7-10-19)21-11-12-24-27(17-21)34-14-8-13-33-24/h5-7,9-12,16-18,23H,4,8,13-15H2,1-3H3,(H,29,30). The van der Waals surface area contributed by atoms with Crippen molar-refractivity contribution >= 4 is 5.91 Å². The summed E-state index contributed by atoms with van der Waals surface area (Å²) in [6, 6.07) is 19.4. The molecule has 0 bridgehead atoms. The minimum Gasteiger partial charge on any atom is -0.493 e. The molecule has 0 saturated heterocycles. The van der Waals surface area contributed by atoms with Crippen LogP contribution < -0.4 is 24.3 Å². The van der Waals surface area contributed by atoms with E-state index in [-0.39, 0.29) is 11.9 Å². The number of hydrogen-bond acceptors (Lipinski definition) is 5. The average Bonchev–Trinajstić information content (AvgIpc) is 3.13. The third kappa shape index (κ3) is 5.28. The van der Waals surface area contributed by atoms with E-state index in [0.717, 1.165) is 28.9 Å². The van der Waals surface area contributed by atoms with Gasteiger partial charge in [0.2, 0.25) is 0 Å². The van der Waals surface area contributed by atoms with E-state index in [1.165, 1.54) is 0 Å². The number of nitrogens with one attached hydrogen (secondary N) is 1. The molecule has 0 radical (unpaired) electrons. The molecule has 0 aliphatic carbocycles. The minimum atomic E-state index is -0.259. The predicted octanol–water partition coefficient (Wildman–Crippen LogP) is 5.14. The minimum absolute atomic E-state index is 0.161. The molecular weight excluding hydrogens is 430 g/mol. The lowest BCUT2D eigenvalue weighted by Crippen LogP contribution is -2.30. The second-order valence-corrected chi connectivity index (χ2v) is 8.19. The molecule has 1 heterocycles. The van der Waals surface area contributed by atoms with Crippen LogP contribution in [0.25, 0.3) is 0 Å². The molecular formula is C28H31NO5. The van der Waals surface area contributed by atoms with Crippen molar-refractivity contribution in [3.05, 3.63) is 82.9 Å². The van der Waals surface area contributed by atoms with E-state index in [4.69, 9.17) is 18.9 Å². The Balaban J connectivity index is 1.68. The molecule has 0 fully saturated rings. The van der Waals surface area contributed by atoms with Gasteiger partial charge in [-0.2, -0.15) is 0 Å². The van der Waals surface area contributed by atoms with Crippen LogP contribution in [0.4, 0.5) is 0 Å². The van der Waals surface area contributed by atoms with Gasteiger partial charge in [-0.25, -0.2) is 0 Å². The van der Waals surface area contributed by atoms with Crippen LogP contribution in [0.2, 0.25) is 0 Å². The fraction of sp³-hybridized carbons (Fsp3) is 0.321. The van der Waals surface area contributed by atoms with Crippen LogP contribution in [-0.4, -0.2) is 33.3 Å². The molecule has 6 nitrogen and oxygen atoms in total. The van der Waals surface area contributed by atoms with E-state index >= 15 is 0 Å². The number of aryl methyl sites for hydroxylation is 1. The summed E-state index contributed by atoms with van der Waals surface area (Å²) >= 11 is 0. The van der Waals surface area contributed by atoms with E-state index in [1.807, 2.05) is 49.4 Å². The number of hydrogen-bond donors (Lipinski definition) is 1. The normalized spacial score (nSPS) is 13.5. The highest BCUT2D eigenvalue weighted by molar-refractivity contribution is 5.96. The van der Waals surface area contributed by atoms with Crippen LogP contribution in [0.15, 0.2) is 60.7 Å². The molecule has 178 valence electrons. The lowest BCUT2D eigenvalue weighted by Gasteiger charge is -2.22. The molecule has 1 amide bonds. The summed E-state index contributed by atoms with van der Waals surface area (Å²) in [5, 5.41) is 3.25. The number of amides is 1. The van der Waals surface area contributed by atoms with Gasteiger partial charge in [-0.15, -0.1) is 0 Å². The number of benzene rings is 3. The molecule has 0 saturated carbocycles. The Morgan fingerprint density at radius 3 is 2.35 bits per heavy atom. The van der Waals surface area contributed by atoms with Crippen molar-refractivity contribution in [2.75, 3.05) is 27.4 Å². The summed E-state index contributed by atoms with van der Waals surface area (Å²) in [4.78, 5) is 13.5. The van der Waals surface area contributed by atoms with Crippen molar-refractivity contribution in [1.29, 1.82) is 0 Å². The third-order valence-electron chi connectivity index (χ3n) is 6.00. The zero-order valence-electron chi connectivity index (χ0n) is 19.9. The maximum atomic E-state index is 13.5. The van der Waals surface area contributed by atoms with E-state index < -0.39 is 0 Å². The van der Waals surface area contributed by atoms with E-state index in [0.29, 0.717) is 48.9 Å². The topological polar surface area (TPSA) is 66.0 Å². The highest BCUT2D eigenvalue weighted by Gasteiger charge is 2.22. The predicted molar refractivity (Wildman–Crippen MR) is 131 cm³/mol. The van der Waals surface area contributed by atoms with Gasteiger partial charge >= 0.3 is 0 Å². The molecule has 3 aromatic carbocycles. The Morgan fingerprint density at radius 2 is 1.65 bits per heavy atom. The Labute approximate surface area is 200 Å². The zero-order chi connectivity index (χ0) is 23.9. The van der Waals surface area contributed by atoms with Crippen LogP contribution in [-0.2, 0) is 12.8 Å². The number of rotatable bonds is 8. The fourth-order valence-corrected chi connectivity index (χ4v) is 4.16. The molecule has 1 N–H and O–H groups in total. The molecule has 1 aliphatic heterocycles. The van der Waals surface area contributed by atoms with Crippen molar-refractivity contribution < 1.29 is 23.7 Å². The summed E-state index contributed by atoms with van der Waals surface area (Å²) in [5.41, 5.74) is 3.56. The molecule has 1 unspecified atom stereocenters. The molecule has 0 spiro atoms. The number of fused-ring (bicyclic) bond motifs is 1. The fourth-order valence-electron chi connectivity index (χ4n) is 4.16. The number of carbonyl (C=O) groups is 1. The summed E-state index contributed by atoms with van der Waals surface area (Å²) in [7, 11) is 3.16. The van der Waals surface area contributed by atoms with Crippen molar-refractivity contribution in [3.63, 3.8) is 0 Å². The largest absolute Gasteiger partial charge is 0.493 e. The maximum absolute atomic E-state index is 13.5. The SMILES string of the molecule is CCc1cc(OC)c(OC)cc1C(=O)NC(Cc1ccccc1)c1ccc2c(c1)OCCCO2. The van der Waals surface area contributed by atoms with Crippen molar-refractivity contribution in [2.24, 2.45) is 0 Å². The molecule has 6 heteroatoms. The Morgan fingerprint density at radius 1 is 0.941 bits per heavy atom. The van der Waals surface area contributed by atoms with Crippen molar-refractivity contribution in [3.8, 4) is 23.0 Å². The molecule has 1 atom stereocenters. The highest BCUT2D eigenvalue weighted by atomic mass is 16.5. The molecule has 34 heavy (non-hydrogen) atoms. The molecule has 3 aromatic rings. The Bertz CT molecular complexity index is 1130. The van der Waals surface area contributed by atoms with Gasteiger partial charge in [-0.1, -0.05) is 43.3 Å². The summed E-state index contributed by atoms with van der Waals surface area (Å²) in [5.74, 6) is 2.42. The van der Waals surface area contributed by atoms with E-state index in [1.54, 1.807) is 20.3 Å². The number of carbonyl (C=O) groups excluding carboxylic acids is 1. The van der Waals surface area contributed by atoms with Gasteiger partial charge < -0.3 is 24.3 Å². The summed E-state index contributed by atoms with van der Waals surface area (Å²) in [6.45, 7) is 3.26. The van der Waals surface area contributed by atoms with Gasteiger partial charge in [0.05, 0.1) is 33.5 Å². The first-order valence-electron chi connectivity index (χ1n) is 11.6. The molecule has 0 aromatic heterocycles. The maximum Gasteiger partial charge on any atom is 0.252 e. The zero-order valence-corrected chi connectivity index (χ0v) is 19.9. The summed E-state index contributed by atoms with van der Waals surface area (Å²) < 4.78 is 22.6. The third-order valence-corrected chi connectivity index (χ3v) is 6.00. The lowest BCUT2D eigenvalue weighted by atomic mass is 9.97. The second kappa shape index (κ2) is 11.0. The molecule has 1 aliphatic rings. The monoisotopic (exact) mass is 461 g/mol. The lowest BCUT2D eigenvalue weighted by molar-refractivity contribution is 0.0935. The van der Waals surface area contributed by atoms with Crippen LogP contribution in [0.5, 0.6) is 23.0 Å². The highest BCUT2D eigenvalue weighted by Crippen LogP contribution is 2.34. The van der Waals surface area contributed by atoms with Crippen LogP contribution >= 0.6 is 0 Å². The Kier molecular flexibility index (Phi) is 7.58. The van der Waals surface area contributed by atoms with Crippen molar-refractivity contribution in [1.82, 2.24) is 5.32 Å². The smallest absolute Gasteiger partial charge is 0.252 e. The first-order valence-corrected chi connectivity index (χ1v) is 11.6. The van der Waals surface area contributed by atoms with Crippen molar-refractivity contribution in [2.45, 2.75) is 32.2 Å². The van der Waals surface area contributed by atoms with Gasteiger partial charge in [-0.3, -0.25) is 4.79 Å². The van der Waals surface area contributed by atoms with Gasteiger partial charge in [0.1, 0.15) is 0 Å². The quantitative estimate of drug-likeness (QED) is 0.503. The number of methoxy groups -OCH3 is 2. The second-order valence-electron chi connectivity index (χ2n) is 8.19. The summed E-state index contributed by atoms with van der Waals surface area (Å²) in [6.07, 6.45) is 2.17. The van der Waals surface area contributed by atoms with Gasteiger partial charge in [-0.05, 0) is 53.8 Å². The van der Waals surface area contributed by atoms with Crippen LogP contribution in [0.3, 0.4) is 0 Å². The van der Waals surface area contributed by atoms with Crippen LogP contribution in [0.1, 0.15) is 46.4 Å². The van der Waals surface area contributed by atoms with E-state index in [9.17, 15) is 4.79 Å². The van der Waals surface area contributed by atoms with E-state index in [2.05, 4.69) is 17.4 Å². The first kappa shape index (κ1) is 23.5. The Hall–Kier alpha value is -3.67. The average molecular weight is 462 g/mol. The van der Waals surface area contributed by atoms with Crippen LogP contribution in [0, 0.1) is 0 Å². The molecule has 4 rings (SSSR count). The van der Waals surface area contributed by atoms with Gasteiger partial charge in [0.15, 0.2) is 23.0 Å². The number of ether oxygens (including phenoxy) is 4.